The van der Waals surface area contributed by atoms with Crippen LogP contribution in [0.5, 0.6) is 0 Å². The van der Waals surface area contributed by atoms with Crippen LogP contribution in [0.4, 0.5) is 0 Å². The third kappa shape index (κ3) is 2.77. The van der Waals surface area contributed by atoms with Crippen molar-refractivity contribution in [3.63, 3.8) is 0 Å². The van der Waals surface area contributed by atoms with E-state index in [0.29, 0.717) is 22.3 Å². The van der Waals surface area contributed by atoms with E-state index < -0.39 is 24.5 Å². The molecule has 0 atom stereocenters. The van der Waals surface area contributed by atoms with Gasteiger partial charge in [0, 0.05) is 10.9 Å². The van der Waals surface area contributed by atoms with Crippen LogP contribution in [0.25, 0.3) is 21.7 Å². The average Bonchev–Trinajstić information content (AvgIpc) is 3.26. The van der Waals surface area contributed by atoms with Gasteiger partial charge in [0.1, 0.15) is 5.58 Å². The van der Waals surface area contributed by atoms with E-state index in [4.69, 9.17) is 9.15 Å². The zero-order valence-corrected chi connectivity index (χ0v) is 15.3. The molecule has 3 aromatic carbocycles. The van der Waals surface area contributed by atoms with Crippen LogP contribution in [-0.2, 0) is 16.0 Å². The van der Waals surface area contributed by atoms with Gasteiger partial charge in [0.05, 0.1) is 23.8 Å². The molecule has 0 unspecified atom stereocenters. The molecule has 0 N–H and O–H groups in total. The van der Waals surface area contributed by atoms with Crippen LogP contribution in [0.1, 0.15) is 26.3 Å². The second-order valence-electron chi connectivity index (χ2n) is 6.83. The molecule has 5 rings (SSSR count). The predicted octanol–water partition coefficient (Wildman–Crippen LogP) is 3.93. The highest BCUT2D eigenvalue weighted by Crippen LogP contribution is 2.30. The van der Waals surface area contributed by atoms with Gasteiger partial charge < -0.3 is 9.15 Å². The van der Waals surface area contributed by atoms with Crippen LogP contribution >= 0.6 is 0 Å². The summed E-state index contributed by atoms with van der Waals surface area (Å²) in [6.45, 7) is -0.415. The molecule has 29 heavy (non-hydrogen) atoms. The Morgan fingerprint density at radius 2 is 1.59 bits per heavy atom. The lowest BCUT2D eigenvalue weighted by Gasteiger charge is -2.13. The summed E-state index contributed by atoms with van der Waals surface area (Å²) in [5, 5.41) is 2.89. The van der Waals surface area contributed by atoms with Crippen LogP contribution < -0.4 is 0 Å². The van der Waals surface area contributed by atoms with Gasteiger partial charge in [0.25, 0.3) is 11.8 Å². The lowest BCUT2D eigenvalue weighted by Crippen LogP contribution is -2.33. The maximum atomic E-state index is 12.4. The quantitative estimate of drug-likeness (QED) is 0.393. The lowest BCUT2D eigenvalue weighted by atomic mass is 10.0. The number of rotatable bonds is 4. The van der Waals surface area contributed by atoms with Gasteiger partial charge in [-0.2, -0.15) is 0 Å². The number of amides is 2. The molecular weight excluding hydrogens is 370 g/mol. The second kappa shape index (κ2) is 6.60. The number of nitrogens with zero attached hydrogens (tertiary/aromatic N) is 1. The van der Waals surface area contributed by atoms with Crippen LogP contribution in [0.3, 0.4) is 0 Å². The number of hydrogen-bond donors (Lipinski definition) is 0. The van der Waals surface area contributed by atoms with E-state index in [0.717, 1.165) is 21.1 Å². The Labute approximate surface area is 165 Å². The van der Waals surface area contributed by atoms with Gasteiger partial charge in [-0.3, -0.25) is 14.4 Å². The van der Waals surface area contributed by atoms with Crippen molar-refractivity contribution in [3.8, 4) is 0 Å². The molecule has 0 saturated heterocycles. The summed E-state index contributed by atoms with van der Waals surface area (Å²) in [4.78, 5) is 38.1. The van der Waals surface area contributed by atoms with Gasteiger partial charge in [0.15, 0.2) is 6.73 Å². The summed E-state index contributed by atoms with van der Waals surface area (Å²) in [7, 11) is 0. The maximum Gasteiger partial charge on any atom is 0.312 e. The highest BCUT2D eigenvalue weighted by molar-refractivity contribution is 6.21. The van der Waals surface area contributed by atoms with Gasteiger partial charge in [-0.1, -0.05) is 42.5 Å². The number of imide groups is 1. The molecule has 2 heterocycles. The number of furan rings is 1. The molecule has 142 valence electrons. The topological polar surface area (TPSA) is 76.8 Å². The highest BCUT2D eigenvalue weighted by Gasteiger charge is 2.35. The summed E-state index contributed by atoms with van der Waals surface area (Å²) in [5.41, 5.74) is 2.03. The first kappa shape index (κ1) is 17.2. The second-order valence-corrected chi connectivity index (χ2v) is 6.83. The molecular formula is C23H15NO5. The van der Waals surface area contributed by atoms with Crippen LogP contribution in [0, 0.1) is 0 Å². The van der Waals surface area contributed by atoms with E-state index >= 15 is 0 Å². The number of ether oxygens (including phenoxy) is 1. The zero-order chi connectivity index (χ0) is 20.0. The van der Waals surface area contributed by atoms with Crippen molar-refractivity contribution >= 4 is 39.5 Å². The SMILES string of the molecule is O=C(Cc1coc2ccc3ccccc3c12)OCN1C(=O)c2ccccc2C1=O. The van der Waals surface area contributed by atoms with E-state index in [9.17, 15) is 14.4 Å². The number of fused-ring (bicyclic) bond motifs is 4. The summed E-state index contributed by atoms with van der Waals surface area (Å²) in [6, 6.07) is 18.2. The minimum absolute atomic E-state index is 0.0236. The fourth-order valence-electron chi connectivity index (χ4n) is 3.70. The molecule has 6 heteroatoms. The van der Waals surface area contributed by atoms with Gasteiger partial charge in [-0.15, -0.1) is 0 Å². The standard InChI is InChI=1S/C23H15NO5/c25-20(29-13-24-22(26)17-7-3-4-8-18(17)23(24)27)11-15-12-28-19-10-9-14-5-1-2-6-16(14)21(15)19/h1-10,12H,11,13H2. The predicted molar refractivity (Wildman–Crippen MR) is 105 cm³/mol. The number of carbonyl (C=O) groups is 3. The van der Waals surface area contributed by atoms with Crippen molar-refractivity contribution in [2.24, 2.45) is 0 Å². The molecule has 0 bridgehead atoms. The first-order valence-electron chi connectivity index (χ1n) is 9.12. The van der Waals surface area contributed by atoms with E-state index in [1.54, 1.807) is 30.5 Å². The summed E-state index contributed by atoms with van der Waals surface area (Å²) >= 11 is 0. The van der Waals surface area contributed by atoms with Gasteiger partial charge >= 0.3 is 5.97 Å². The molecule has 6 nitrogen and oxygen atoms in total. The van der Waals surface area contributed by atoms with Crippen molar-refractivity contribution in [2.45, 2.75) is 6.42 Å². The number of esters is 1. The molecule has 0 aliphatic carbocycles. The third-order valence-electron chi connectivity index (χ3n) is 5.11. The molecule has 1 aromatic heterocycles. The molecule has 0 saturated carbocycles. The number of benzene rings is 3. The monoisotopic (exact) mass is 385 g/mol. The van der Waals surface area contributed by atoms with Crippen molar-refractivity contribution in [2.75, 3.05) is 6.73 Å². The van der Waals surface area contributed by atoms with Crippen molar-refractivity contribution in [1.82, 2.24) is 4.90 Å². The number of carbonyl (C=O) groups excluding carboxylic acids is 3. The van der Waals surface area contributed by atoms with E-state index in [2.05, 4.69) is 0 Å². The minimum atomic E-state index is -0.544. The molecule has 0 spiro atoms. The zero-order valence-electron chi connectivity index (χ0n) is 15.3. The molecule has 1 aliphatic rings. The molecule has 1 aliphatic heterocycles. The van der Waals surface area contributed by atoms with E-state index in [1.807, 2.05) is 36.4 Å². The van der Waals surface area contributed by atoms with Gasteiger partial charge in [-0.05, 0) is 29.0 Å². The van der Waals surface area contributed by atoms with Crippen LogP contribution in [-0.4, -0.2) is 29.4 Å². The Balaban J connectivity index is 1.34. The summed E-state index contributed by atoms with van der Waals surface area (Å²) in [5.74, 6) is -1.46. The highest BCUT2D eigenvalue weighted by atomic mass is 16.5. The average molecular weight is 385 g/mol. The maximum absolute atomic E-state index is 12.4. The van der Waals surface area contributed by atoms with Gasteiger partial charge in [0.2, 0.25) is 0 Å². The Hall–Kier alpha value is -3.93. The van der Waals surface area contributed by atoms with E-state index in [-0.39, 0.29) is 6.42 Å². The minimum Gasteiger partial charge on any atom is -0.464 e. The number of hydrogen-bond acceptors (Lipinski definition) is 5. The van der Waals surface area contributed by atoms with Crippen molar-refractivity contribution in [3.05, 3.63) is 83.6 Å². The van der Waals surface area contributed by atoms with Crippen molar-refractivity contribution in [1.29, 1.82) is 0 Å². The first-order chi connectivity index (χ1) is 14.1. The Bertz CT molecular complexity index is 1270. The Kier molecular flexibility index (Phi) is 3.91. The smallest absolute Gasteiger partial charge is 0.312 e. The largest absolute Gasteiger partial charge is 0.464 e. The first-order valence-corrected chi connectivity index (χ1v) is 9.12. The van der Waals surface area contributed by atoms with Gasteiger partial charge in [-0.25, -0.2) is 4.90 Å². The normalized spacial score (nSPS) is 13.3. The summed E-state index contributed by atoms with van der Waals surface area (Å²) in [6.07, 6.45) is 1.52. The molecule has 4 aromatic rings. The fraction of sp³-hybridized carbons (Fsp3) is 0.0870. The Morgan fingerprint density at radius 1 is 0.897 bits per heavy atom. The fourth-order valence-corrected chi connectivity index (χ4v) is 3.70. The molecule has 0 radical (unpaired) electrons. The molecule has 2 amide bonds. The third-order valence-corrected chi connectivity index (χ3v) is 5.11. The summed E-state index contributed by atoms with van der Waals surface area (Å²) < 4.78 is 10.8. The van der Waals surface area contributed by atoms with Crippen molar-refractivity contribution < 1.29 is 23.5 Å². The van der Waals surface area contributed by atoms with Crippen LogP contribution in [0.2, 0.25) is 0 Å². The lowest BCUT2D eigenvalue weighted by molar-refractivity contribution is -0.145. The molecule has 0 fully saturated rings. The van der Waals surface area contributed by atoms with E-state index in [1.165, 1.54) is 0 Å². The Morgan fingerprint density at radius 3 is 2.34 bits per heavy atom. The van der Waals surface area contributed by atoms with Crippen LogP contribution in [0.15, 0.2) is 71.3 Å².